The molecular formula is C23H19N5O3. The van der Waals surface area contributed by atoms with Crippen LogP contribution in [0.5, 0.6) is 0 Å². The Morgan fingerprint density at radius 3 is 1.87 bits per heavy atom. The Labute approximate surface area is 178 Å². The molecule has 5 rings (SSSR count). The average molecular weight is 413 g/mol. The van der Waals surface area contributed by atoms with Crippen LogP contribution in [-0.4, -0.2) is 58.8 Å². The summed E-state index contributed by atoms with van der Waals surface area (Å²) in [6.07, 6.45) is 2.76. The lowest BCUT2D eigenvalue weighted by Gasteiger charge is -2.36. The van der Waals surface area contributed by atoms with Crippen molar-refractivity contribution < 1.29 is 14.4 Å². The molecule has 1 aromatic heterocycles. The highest BCUT2D eigenvalue weighted by Gasteiger charge is 2.39. The van der Waals surface area contributed by atoms with Gasteiger partial charge in [-0.3, -0.25) is 14.4 Å². The van der Waals surface area contributed by atoms with Gasteiger partial charge in [-0.1, -0.05) is 18.2 Å². The van der Waals surface area contributed by atoms with Crippen LogP contribution in [0.2, 0.25) is 0 Å². The number of para-hydroxylation sites is 1. The largest absolute Gasteiger partial charge is 0.368 e. The third kappa shape index (κ3) is 3.31. The van der Waals surface area contributed by atoms with Crippen molar-refractivity contribution in [1.82, 2.24) is 14.9 Å². The Kier molecular flexibility index (Phi) is 4.66. The molecule has 0 N–H and O–H groups in total. The summed E-state index contributed by atoms with van der Waals surface area (Å²) in [5.74, 6) is -1.08. The van der Waals surface area contributed by atoms with Crippen LogP contribution in [0.3, 0.4) is 0 Å². The molecule has 2 aromatic carbocycles. The number of carbonyl (C=O) groups is 3. The first kappa shape index (κ1) is 18.9. The minimum atomic E-state index is -0.510. The molecule has 0 unspecified atom stereocenters. The van der Waals surface area contributed by atoms with Gasteiger partial charge in [0.25, 0.3) is 17.7 Å². The van der Waals surface area contributed by atoms with E-state index in [0.717, 1.165) is 23.7 Å². The van der Waals surface area contributed by atoms with Gasteiger partial charge in [0.1, 0.15) is 0 Å². The second-order valence-electron chi connectivity index (χ2n) is 7.36. The normalized spacial score (nSPS) is 15.9. The van der Waals surface area contributed by atoms with Gasteiger partial charge in [0.15, 0.2) is 11.4 Å². The van der Waals surface area contributed by atoms with Crippen molar-refractivity contribution in [2.45, 2.75) is 0 Å². The molecule has 2 aliphatic rings. The fourth-order valence-corrected chi connectivity index (χ4v) is 3.93. The van der Waals surface area contributed by atoms with Gasteiger partial charge in [0, 0.05) is 49.8 Å². The zero-order valence-corrected chi connectivity index (χ0v) is 16.6. The number of fused-ring (bicyclic) bond motifs is 1. The molecule has 0 aliphatic carbocycles. The van der Waals surface area contributed by atoms with Gasteiger partial charge in [-0.2, -0.15) is 0 Å². The third-order valence-electron chi connectivity index (χ3n) is 5.57. The fourth-order valence-electron chi connectivity index (χ4n) is 3.93. The van der Waals surface area contributed by atoms with Gasteiger partial charge in [-0.25, -0.2) is 14.9 Å². The van der Waals surface area contributed by atoms with E-state index >= 15 is 0 Å². The fraction of sp³-hybridized carbons (Fsp3) is 0.174. The Balaban J connectivity index is 1.27. The van der Waals surface area contributed by atoms with E-state index in [2.05, 4.69) is 27.0 Å². The summed E-state index contributed by atoms with van der Waals surface area (Å²) < 4.78 is 0. The lowest BCUT2D eigenvalue weighted by Crippen LogP contribution is -2.48. The van der Waals surface area contributed by atoms with Crippen LogP contribution >= 0.6 is 0 Å². The van der Waals surface area contributed by atoms with E-state index in [0.29, 0.717) is 24.3 Å². The van der Waals surface area contributed by atoms with Crippen LogP contribution in [0, 0.1) is 0 Å². The Morgan fingerprint density at radius 1 is 0.710 bits per heavy atom. The standard InChI is InChI=1S/C23H19N5O3/c29-21(27-14-12-26(13-15-27)17-4-2-1-3-5-17)16-6-8-18(9-7-16)28-22(30)19-20(23(28)31)25-11-10-24-19/h1-11H,12-15H2. The Hall–Kier alpha value is -4.07. The summed E-state index contributed by atoms with van der Waals surface area (Å²) >= 11 is 0. The number of aromatic nitrogens is 2. The average Bonchev–Trinajstić information content (AvgIpc) is 3.09. The van der Waals surface area contributed by atoms with Gasteiger partial charge >= 0.3 is 0 Å². The van der Waals surface area contributed by atoms with E-state index in [9.17, 15) is 14.4 Å². The van der Waals surface area contributed by atoms with Crippen LogP contribution in [0.25, 0.3) is 0 Å². The number of anilines is 2. The van der Waals surface area contributed by atoms with E-state index in [1.165, 1.54) is 12.4 Å². The summed E-state index contributed by atoms with van der Waals surface area (Å²) in [4.78, 5) is 51.1. The highest BCUT2D eigenvalue weighted by atomic mass is 16.2. The first-order chi connectivity index (χ1) is 15.1. The number of piperazine rings is 1. The van der Waals surface area contributed by atoms with Gasteiger partial charge < -0.3 is 9.80 Å². The molecule has 3 heterocycles. The maximum atomic E-state index is 12.9. The first-order valence-electron chi connectivity index (χ1n) is 10.0. The van der Waals surface area contributed by atoms with Crippen molar-refractivity contribution in [2.24, 2.45) is 0 Å². The molecule has 154 valence electrons. The number of benzene rings is 2. The quantitative estimate of drug-likeness (QED) is 0.612. The summed E-state index contributed by atoms with van der Waals surface area (Å²) in [5, 5.41) is 0. The molecule has 0 saturated carbocycles. The third-order valence-corrected chi connectivity index (χ3v) is 5.57. The maximum Gasteiger partial charge on any atom is 0.286 e. The Morgan fingerprint density at radius 2 is 1.29 bits per heavy atom. The molecule has 0 radical (unpaired) electrons. The van der Waals surface area contributed by atoms with Crippen LogP contribution in [0.1, 0.15) is 31.3 Å². The molecule has 2 aliphatic heterocycles. The summed E-state index contributed by atoms with van der Waals surface area (Å²) in [5.41, 5.74) is 2.15. The molecule has 8 heteroatoms. The monoisotopic (exact) mass is 413 g/mol. The predicted octanol–water partition coefficient (Wildman–Crippen LogP) is 2.24. The number of nitrogens with zero attached hydrogens (tertiary/aromatic N) is 5. The SMILES string of the molecule is O=C(c1ccc(N2C(=O)c3nccnc3C2=O)cc1)N1CCN(c2ccccc2)CC1. The van der Waals surface area contributed by atoms with Crippen molar-refractivity contribution in [3.63, 3.8) is 0 Å². The summed E-state index contributed by atoms with van der Waals surface area (Å²) in [6, 6.07) is 16.6. The van der Waals surface area contributed by atoms with Crippen LogP contribution < -0.4 is 9.80 Å². The van der Waals surface area contributed by atoms with Crippen molar-refractivity contribution in [2.75, 3.05) is 36.0 Å². The summed E-state index contributed by atoms with van der Waals surface area (Å²) in [7, 11) is 0. The topological polar surface area (TPSA) is 86.7 Å². The minimum Gasteiger partial charge on any atom is -0.368 e. The van der Waals surface area contributed by atoms with Crippen LogP contribution in [0.15, 0.2) is 67.0 Å². The van der Waals surface area contributed by atoms with E-state index in [-0.39, 0.29) is 17.3 Å². The second-order valence-corrected chi connectivity index (χ2v) is 7.36. The molecule has 1 fully saturated rings. The lowest BCUT2D eigenvalue weighted by atomic mass is 10.1. The van der Waals surface area contributed by atoms with Crippen LogP contribution in [0.4, 0.5) is 11.4 Å². The maximum absolute atomic E-state index is 12.9. The molecule has 8 nitrogen and oxygen atoms in total. The van der Waals surface area contributed by atoms with Crippen molar-refractivity contribution >= 4 is 29.1 Å². The first-order valence-corrected chi connectivity index (χ1v) is 10.0. The second kappa shape index (κ2) is 7.64. The lowest BCUT2D eigenvalue weighted by molar-refractivity contribution is 0.0746. The van der Waals surface area contributed by atoms with E-state index in [1.54, 1.807) is 24.3 Å². The van der Waals surface area contributed by atoms with E-state index < -0.39 is 11.8 Å². The minimum absolute atomic E-state index is 0.0453. The van der Waals surface area contributed by atoms with Crippen molar-refractivity contribution in [1.29, 1.82) is 0 Å². The summed E-state index contributed by atoms with van der Waals surface area (Å²) in [6.45, 7) is 2.79. The molecule has 0 bridgehead atoms. The zero-order chi connectivity index (χ0) is 21.4. The van der Waals surface area contributed by atoms with Gasteiger partial charge in [0.05, 0.1) is 5.69 Å². The van der Waals surface area contributed by atoms with Crippen LogP contribution in [-0.2, 0) is 0 Å². The highest BCUT2D eigenvalue weighted by molar-refractivity contribution is 6.33. The molecule has 31 heavy (non-hydrogen) atoms. The zero-order valence-electron chi connectivity index (χ0n) is 16.6. The molecule has 3 aromatic rings. The van der Waals surface area contributed by atoms with Gasteiger partial charge in [0.2, 0.25) is 0 Å². The smallest absolute Gasteiger partial charge is 0.286 e. The molecule has 0 atom stereocenters. The Bertz CT molecular complexity index is 1120. The molecular weight excluding hydrogens is 394 g/mol. The number of hydrogen-bond donors (Lipinski definition) is 0. The highest BCUT2D eigenvalue weighted by Crippen LogP contribution is 2.26. The number of rotatable bonds is 3. The molecule has 0 spiro atoms. The number of carbonyl (C=O) groups excluding carboxylic acids is 3. The van der Waals surface area contributed by atoms with Gasteiger partial charge in [-0.05, 0) is 36.4 Å². The van der Waals surface area contributed by atoms with Crippen molar-refractivity contribution in [3.8, 4) is 0 Å². The predicted molar refractivity (Wildman–Crippen MR) is 114 cm³/mol. The molecule has 1 saturated heterocycles. The van der Waals surface area contributed by atoms with E-state index in [1.807, 2.05) is 23.1 Å². The number of hydrogen-bond acceptors (Lipinski definition) is 6. The molecule has 3 amide bonds. The van der Waals surface area contributed by atoms with Gasteiger partial charge in [-0.15, -0.1) is 0 Å². The number of amides is 3. The number of imide groups is 1. The van der Waals surface area contributed by atoms with E-state index in [4.69, 9.17) is 0 Å². The van der Waals surface area contributed by atoms with Crippen molar-refractivity contribution in [3.05, 3.63) is 83.9 Å².